The summed E-state index contributed by atoms with van der Waals surface area (Å²) in [7, 11) is -0.872. The molecule has 0 fully saturated rings. The van der Waals surface area contributed by atoms with Crippen LogP contribution in [0.25, 0.3) is 6.08 Å². The van der Waals surface area contributed by atoms with E-state index in [0.29, 0.717) is 11.1 Å². The molecule has 2 aromatic rings. The van der Waals surface area contributed by atoms with E-state index in [1.54, 1.807) is 49.4 Å². The lowest BCUT2D eigenvalue weighted by atomic mass is 10.2. The fourth-order valence-electron chi connectivity index (χ4n) is 2.61. The molecule has 10 heteroatoms. The molecular formula is C22H25N3O6S. The van der Waals surface area contributed by atoms with Crippen LogP contribution in [0.4, 0.5) is 5.69 Å². The van der Waals surface area contributed by atoms with Crippen LogP contribution in [0, 0.1) is 6.92 Å². The lowest BCUT2D eigenvalue weighted by Gasteiger charge is -2.15. The van der Waals surface area contributed by atoms with Gasteiger partial charge in [0, 0.05) is 26.7 Å². The lowest BCUT2D eigenvalue weighted by molar-refractivity contribution is -0.144. The van der Waals surface area contributed by atoms with Crippen molar-refractivity contribution in [3.05, 3.63) is 65.4 Å². The predicted molar refractivity (Wildman–Crippen MR) is 120 cm³/mol. The second kappa shape index (κ2) is 10.7. The number of hydrogen-bond donors (Lipinski definition) is 2. The van der Waals surface area contributed by atoms with Crippen molar-refractivity contribution >= 4 is 39.6 Å². The Morgan fingerprint density at radius 2 is 1.72 bits per heavy atom. The first-order valence-corrected chi connectivity index (χ1v) is 11.0. The third kappa shape index (κ3) is 6.76. The predicted octanol–water partition coefficient (Wildman–Crippen LogP) is 1.90. The number of aryl methyl sites for hydroxylation is 1. The van der Waals surface area contributed by atoms with Crippen molar-refractivity contribution in [2.24, 2.45) is 0 Å². The average Bonchev–Trinajstić information content (AvgIpc) is 2.73. The van der Waals surface area contributed by atoms with Crippen LogP contribution in [0.3, 0.4) is 0 Å². The first kappa shape index (κ1) is 24.8. The van der Waals surface area contributed by atoms with Crippen LogP contribution in [0.15, 0.2) is 59.1 Å². The van der Waals surface area contributed by atoms with Crippen LogP contribution >= 0.6 is 0 Å². The van der Waals surface area contributed by atoms with Gasteiger partial charge >= 0.3 is 5.97 Å². The first-order valence-electron chi connectivity index (χ1n) is 9.55. The van der Waals surface area contributed by atoms with E-state index in [0.717, 1.165) is 4.31 Å². The van der Waals surface area contributed by atoms with E-state index in [9.17, 15) is 22.8 Å². The quantitative estimate of drug-likeness (QED) is 0.459. The van der Waals surface area contributed by atoms with Gasteiger partial charge in [-0.25, -0.2) is 17.5 Å². The highest BCUT2D eigenvalue weighted by molar-refractivity contribution is 7.89. The number of ether oxygens (including phenoxy) is 1. The Bertz CT molecular complexity index is 1140. The molecule has 2 N–H and O–H groups in total. The lowest BCUT2D eigenvalue weighted by Crippen LogP contribution is -2.29. The maximum Gasteiger partial charge on any atom is 0.355 e. The summed E-state index contributed by atoms with van der Waals surface area (Å²) < 4.78 is 30.9. The molecule has 0 aromatic heterocycles. The fraction of sp³-hybridized carbons (Fsp3) is 0.227. The van der Waals surface area contributed by atoms with Gasteiger partial charge in [-0.2, -0.15) is 0 Å². The Morgan fingerprint density at radius 1 is 1.06 bits per heavy atom. The molecule has 0 unspecified atom stereocenters. The van der Waals surface area contributed by atoms with E-state index in [1.807, 2.05) is 0 Å². The molecule has 0 aliphatic carbocycles. The number of nitrogens with one attached hydrogen (secondary N) is 2. The number of benzene rings is 2. The number of amides is 2. The van der Waals surface area contributed by atoms with Crippen LogP contribution in [-0.2, 0) is 29.1 Å². The van der Waals surface area contributed by atoms with Crippen LogP contribution < -0.4 is 10.6 Å². The van der Waals surface area contributed by atoms with Crippen molar-refractivity contribution in [2.75, 3.05) is 26.0 Å². The van der Waals surface area contributed by atoms with Gasteiger partial charge in [0.1, 0.15) is 5.70 Å². The topological polar surface area (TPSA) is 122 Å². The summed E-state index contributed by atoms with van der Waals surface area (Å²) in [5.74, 6) is -2.03. The number of rotatable bonds is 8. The summed E-state index contributed by atoms with van der Waals surface area (Å²) >= 11 is 0. The standard InChI is InChI=1S/C22H25N3O6S/c1-15-10-11-18(13-20(15)32(29,30)25(3)4)24-21(27)14-31-22(28)19(23-16(2)26)12-17-8-6-5-7-9-17/h5-13H,14H2,1-4H3,(H,23,26)(H,24,27)/b19-12+. The van der Waals surface area contributed by atoms with Crippen LogP contribution in [0.2, 0.25) is 0 Å². The molecule has 170 valence electrons. The molecule has 32 heavy (non-hydrogen) atoms. The Kier molecular flexibility index (Phi) is 8.27. The largest absolute Gasteiger partial charge is 0.451 e. The van der Waals surface area contributed by atoms with Gasteiger partial charge in [0.05, 0.1) is 4.90 Å². The third-order valence-electron chi connectivity index (χ3n) is 4.21. The summed E-state index contributed by atoms with van der Waals surface area (Å²) in [6.07, 6.45) is 1.43. The van der Waals surface area contributed by atoms with Gasteiger partial charge in [-0.15, -0.1) is 0 Å². The molecule has 0 heterocycles. The molecule has 2 aromatic carbocycles. The molecule has 0 aliphatic rings. The fourth-order valence-corrected chi connectivity index (χ4v) is 3.75. The number of nitrogens with zero attached hydrogens (tertiary/aromatic N) is 1. The molecule has 9 nitrogen and oxygen atoms in total. The molecule has 0 atom stereocenters. The van der Waals surface area contributed by atoms with Crippen LogP contribution in [0.1, 0.15) is 18.1 Å². The maximum absolute atomic E-state index is 12.4. The van der Waals surface area contributed by atoms with Crippen molar-refractivity contribution in [3.63, 3.8) is 0 Å². The number of sulfonamides is 1. The number of hydrogen-bond acceptors (Lipinski definition) is 6. The molecule has 2 rings (SSSR count). The van der Waals surface area contributed by atoms with E-state index in [-0.39, 0.29) is 16.3 Å². The van der Waals surface area contributed by atoms with Crippen molar-refractivity contribution < 1.29 is 27.5 Å². The molecule has 0 radical (unpaired) electrons. The van der Waals surface area contributed by atoms with E-state index in [1.165, 1.54) is 33.2 Å². The van der Waals surface area contributed by atoms with Crippen molar-refractivity contribution in [2.45, 2.75) is 18.7 Å². The highest BCUT2D eigenvalue weighted by Gasteiger charge is 2.21. The molecule has 0 saturated carbocycles. The van der Waals surface area contributed by atoms with Gasteiger partial charge in [0.15, 0.2) is 6.61 Å². The molecule has 0 spiro atoms. The summed E-state index contributed by atoms with van der Waals surface area (Å²) in [5.41, 5.74) is 1.30. The third-order valence-corrected chi connectivity index (χ3v) is 6.16. The first-order chi connectivity index (χ1) is 15.0. The molecule has 0 bridgehead atoms. The van der Waals surface area contributed by atoms with Crippen molar-refractivity contribution in [1.82, 2.24) is 9.62 Å². The molecule has 2 amide bonds. The highest BCUT2D eigenvalue weighted by Crippen LogP contribution is 2.22. The molecule has 0 aliphatic heterocycles. The van der Waals surface area contributed by atoms with Gasteiger partial charge in [0.2, 0.25) is 15.9 Å². The zero-order chi connectivity index (χ0) is 23.9. The second-order valence-corrected chi connectivity index (χ2v) is 9.16. The van der Waals surface area contributed by atoms with Crippen molar-refractivity contribution in [3.8, 4) is 0 Å². The minimum Gasteiger partial charge on any atom is -0.451 e. The smallest absolute Gasteiger partial charge is 0.355 e. The summed E-state index contributed by atoms with van der Waals surface area (Å²) in [6, 6.07) is 13.2. The van der Waals surface area contributed by atoms with E-state index >= 15 is 0 Å². The van der Waals surface area contributed by atoms with Crippen molar-refractivity contribution in [1.29, 1.82) is 0 Å². The number of anilines is 1. The Hall–Kier alpha value is -3.50. The van der Waals surface area contributed by atoms with Crippen LogP contribution in [-0.4, -0.2) is 51.2 Å². The van der Waals surface area contributed by atoms with E-state index < -0.39 is 34.4 Å². The summed E-state index contributed by atoms with van der Waals surface area (Å²) in [6.45, 7) is 2.26. The van der Waals surface area contributed by atoms with Gasteiger partial charge in [-0.1, -0.05) is 36.4 Å². The zero-order valence-electron chi connectivity index (χ0n) is 18.2. The minimum absolute atomic E-state index is 0.0519. The Morgan fingerprint density at radius 3 is 2.31 bits per heavy atom. The molecular weight excluding hydrogens is 434 g/mol. The van der Waals surface area contributed by atoms with Gasteiger partial charge in [-0.05, 0) is 36.3 Å². The zero-order valence-corrected chi connectivity index (χ0v) is 19.0. The van der Waals surface area contributed by atoms with Gasteiger partial charge in [0.25, 0.3) is 5.91 Å². The summed E-state index contributed by atoms with van der Waals surface area (Å²) in [5, 5.41) is 4.89. The average molecular weight is 460 g/mol. The van der Waals surface area contributed by atoms with Crippen LogP contribution in [0.5, 0.6) is 0 Å². The highest BCUT2D eigenvalue weighted by atomic mass is 32.2. The summed E-state index contributed by atoms with van der Waals surface area (Å²) in [4.78, 5) is 36.1. The number of esters is 1. The Labute approximate surface area is 187 Å². The van der Waals surface area contributed by atoms with Gasteiger partial charge < -0.3 is 15.4 Å². The van der Waals surface area contributed by atoms with E-state index in [2.05, 4.69) is 10.6 Å². The number of carbonyl (C=O) groups is 3. The second-order valence-electron chi connectivity index (χ2n) is 7.04. The van der Waals surface area contributed by atoms with Gasteiger partial charge in [-0.3, -0.25) is 9.59 Å². The Balaban J connectivity index is 2.09. The van der Waals surface area contributed by atoms with E-state index in [4.69, 9.17) is 4.74 Å². The maximum atomic E-state index is 12.4. The minimum atomic E-state index is -3.70. The molecule has 0 saturated heterocycles. The normalized spacial score (nSPS) is 11.7. The SMILES string of the molecule is CC(=O)N/C(=C/c1ccccc1)C(=O)OCC(=O)Nc1ccc(C)c(S(=O)(=O)N(C)C)c1. The monoisotopic (exact) mass is 459 g/mol. The number of carbonyl (C=O) groups excluding carboxylic acids is 3.